The monoisotopic (exact) mass is 308 g/mol. The number of alkyl carbamates (subject to hydrolysis) is 1. The van der Waals surface area contributed by atoms with Gasteiger partial charge in [0.05, 0.1) is 25.0 Å². The van der Waals surface area contributed by atoms with Gasteiger partial charge in [0.15, 0.2) is 11.6 Å². The number of methoxy groups -OCH3 is 1. The van der Waals surface area contributed by atoms with Gasteiger partial charge in [0.1, 0.15) is 5.60 Å². The highest BCUT2D eigenvalue weighted by Crippen LogP contribution is 2.30. The standard InChI is InChI=1S/C15H24N4O3/c1-15(2,3)22-14(20)18-11-5-6-19(9-11)13-12(21-4)7-10(16)8-17-13/h7-8,11H,5-6,9,16H2,1-4H3,(H,18,20)/t11-/m1/s1. The lowest BCUT2D eigenvalue weighted by Crippen LogP contribution is -2.40. The quantitative estimate of drug-likeness (QED) is 0.884. The predicted molar refractivity (Wildman–Crippen MR) is 85.2 cm³/mol. The summed E-state index contributed by atoms with van der Waals surface area (Å²) in [6.45, 7) is 6.98. The van der Waals surface area contributed by atoms with Crippen LogP contribution >= 0.6 is 0 Å². The summed E-state index contributed by atoms with van der Waals surface area (Å²) in [5.74, 6) is 1.38. The Labute approximate surface area is 130 Å². The molecule has 0 radical (unpaired) electrons. The van der Waals surface area contributed by atoms with Crippen LogP contribution in [0.15, 0.2) is 12.3 Å². The Kier molecular flexibility index (Phi) is 4.63. The Morgan fingerprint density at radius 1 is 1.50 bits per heavy atom. The van der Waals surface area contributed by atoms with Gasteiger partial charge in [-0.3, -0.25) is 0 Å². The van der Waals surface area contributed by atoms with Crippen molar-refractivity contribution in [2.24, 2.45) is 0 Å². The second-order valence-electron chi connectivity index (χ2n) is 6.37. The molecule has 1 amide bonds. The van der Waals surface area contributed by atoms with Crippen LogP contribution in [0.25, 0.3) is 0 Å². The Balaban J connectivity index is 1.97. The third-order valence-electron chi connectivity index (χ3n) is 3.28. The van der Waals surface area contributed by atoms with Crippen LogP contribution < -0.4 is 20.7 Å². The van der Waals surface area contributed by atoms with Crippen LogP contribution in [0.3, 0.4) is 0 Å². The van der Waals surface area contributed by atoms with Crippen molar-refractivity contribution < 1.29 is 14.3 Å². The van der Waals surface area contributed by atoms with E-state index >= 15 is 0 Å². The minimum Gasteiger partial charge on any atom is -0.493 e. The van der Waals surface area contributed by atoms with Gasteiger partial charge in [-0.2, -0.15) is 0 Å². The molecular weight excluding hydrogens is 284 g/mol. The first-order valence-electron chi connectivity index (χ1n) is 7.32. The van der Waals surface area contributed by atoms with Gasteiger partial charge in [0.25, 0.3) is 0 Å². The number of pyridine rings is 1. The van der Waals surface area contributed by atoms with Gasteiger partial charge in [-0.25, -0.2) is 9.78 Å². The van der Waals surface area contributed by atoms with Crippen LogP contribution in [0.1, 0.15) is 27.2 Å². The topological polar surface area (TPSA) is 89.7 Å². The van der Waals surface area contributed by atoms with Gasteiger partial charge in [-0.05, 0) is 27.2 Å². The van der Waals surface area contributed by atoms with E-state index in [-0.39, 0.29) is 6.04 Å². The molecule has 1 atom stereocenters. The first-order valence-corrected chi connectivity index (χ1v) is 7.32. The Bertz CT molecular complexity index is 542. The minimum atomic E-state index is -0.496. The number of carbonyl (C=O) groups excluding carboxylic acids is 1. The van der Waals surface area contributed by atoms with Crippen molar-refractivity contribution in [2.45, 2.75) is 38.8 Å². The van der Waals surface area contributed by atoms with Crippen LogP contribution in [0.4, 0.5) is 16.3 Å². The van der Waals surface area contributed by atoms with E-state index in [1.165, 1.54) is 0 Å². The molecule has 0 bridgehead atoms. The van der Waals surface area contributed by atoms with E-state index in [0.717, 1.165) is 18.8 Å². The normalized spacial score (nSPS) is 18.2. The maximum absolute atomic E-state index is 11.8. The van der Waals surface area contributed by atoms with E-state index < -0.39 is 11.7 Å². The summed E-state index contributed by atoms with van der Waals surface area (Å²) in [4.78, 5) is 18.2. The molecule has 1 aromatic rings. The fourth-order valence-electron chi connectivity index (χ4n) is 2.38. The predicted octanol–water partition coefficient (Wildman–Crippen LogP) is 1.78. The molecule has 0 aliphatic carbocycles. The Morgan fingerprint density at radius 3 is 2.86 bits per heavy atom. The molecule has 7 nitrogen and oxygen atoms in total. The van der Waals surface area contributed by atoms with Crippen LogP contribution in [-0.4, -0.2) is 42.9 Å². The van der Waals surface area contributed by atoms with E-state index in [0.29, 0.717) is 18.0 Å². The molecule has 1 aromatic heterocycles. The second kappa shape index (κ2) is 6.29. The molecule has 1 aliphatic heterocycles. The van der Waals surface area contributed by atoms with Crippen LogP contribution in [0.2, 0.25) is 0 Å². The number of nitrogens with one attached hydrogen (secondary N) is 1. The van der Waals surface area contributed by atoms with Gasteiger partial charge < -0.3 is 25.4 Å². The third kappa shape index (κ3) is 4.16. The SMILES string of the molecule is COc1cc(N)cnc1N1CC[C@@H](NC(=O)OC(C)(C)C)C1. The van der Waals surface area contributed by atoms with Crippen LogP contribution in [-0.2, 0) is 4.74 Å². The highest BCUT2D eigenvalue weighted by Gasteiger charge is 2.28. The zero-order valence-corrected chi connectivity index (χ0v) is 13.5. The van der Waals surface area contributed by atoms with E-state index in [4.69, 9.17) is 15.2 Å². The summed E-state index contributed by atoms with van der Waals surface area (Å²) in [6.07, 6.45) is 2.04. The van der Waals surface area contributed by atoms with Crippen molar-refractivity contribution >= 4 is 17.6 Å². The smallest absolute Gasteiger partial charge is 0.407 e. The first kappa shape index (κ1) is 16.2. The van der Waals surface area contributed by atoms with Crippen molar-refractivity contribution in [2.75, 3.05) is 30.8 Å². The van der Waals surface area contributed by atoms with Crippen molar-refractivity contribution in [3.05, 3.63) is 12.3 Å². The minimum absolute atomic E-state index is 0.0268. The summed E-state index contributed by atoms with van der Waals surface area (Å²) >= 11 is 0. The molecule has 0 saturated carbocycles. The maximum atomic E-state index is 11.8. The molecule has 1 aliphatic rings. The van der Waals surface area contributed by atoms with E-state index in [1.54, 1.807) is 19.4 Å². The molecule has 0 unspecified atom stereocenters. The highest BCUT2D eigenvalue weighted by molar-refractivity contribution is 5.68. The summed E-state index contributed by atoms with van der Waals surface area (Å²) in [7, 11) is 1.59. The molecule has 1 saturated heterocycles. The molecule has 3 N–H and O–H groups in total. The first-order chi connectivity index (χ1) is 10.3. The lowest BCUT2D eigenvalue weighted by molar-refractivity contribution is 0.0509. The summed E-state index contributed by atoms with van der Waals surface area (Å²) in [5.41, 5.74) is 5.78. The molecule has 122 valence electrons. The largest absolute Gasteiger partial charge is 0.493 e. The highest BCUT2D eigenvalue weighted by atomic mass is 16.6. The number of hydrogen-bond acceptors (Lipinski definition) is 6. The number of amides is 1. The van der Waals surface area contributed by atoms with E-state index in [9.17, 15) is 4.79 Å². The van der Waals surface area contributed by atoms with Crippen molar-refractivity contribution in [1.29, 1.82) is 0 Å². The molecule has 2 rings (SSSR count). The average Bonchev–Trinajstić information content (AvgIpc) is 2.84. The zero-order chi connectivity index (χ0) is 16.3. The van der Waals surface area contributed by atoms with Crippen molar-refractivity contribution in [3.8, 4) is 5.75 Å². The van der Waals surface area contributed by atoms with Gasteiger partial charge in [0, 0.05) is 19.2 Å². The number of nitrogens with two attached hydrogens (primary N) is 1. The number of aromatic nitrogens is 1. The molecular formula is C15H24N4O3. The molecule has 22 heavy (non-hydrogen) atoms. The number of ether oxygens (including phenoxy) is 2. The average molecular weight is 308 g/mol. The molecule has 7 heteroatoms. The Hall–Kier alpha value is -2.18. The van der Waals surface area contributed by atoms with Crippen LogP contribution in [0.5, 0.6) is 5.75 Å². The van der Waals surface area contributed by atoms with E-state index in [1.807, 2.05) is 20.8 Å². The zero-order valence-electron chi connectivity index (χ0n) is 13.5. The maximum Gasteiger partial charge on any atom is 0.407 e. The van der Waals surface area contributed by atoms with E-state index in [2.05, 4.69) is 15.2 Å². The second-order valence-corrected chi connectivity index (χ2v) is 6.37. The summed E-state index contributed by atoms with van der Waals surface area (Å²) in [6, 6.07) is 1.77. The van der Waals surface area contributed by atoms with Gasteiger partial charge in [-0.1, -0.05) is 0 Å². The van der Waals surface area contributed by atoms with Gasteiger partial charge in [0.2, 0.25) is 0 Å². The molecule has 1 fully saturated rings. The molecule has 0 spiro atoms. The lowest BCUT2D eigenvalue weighted by atomic mass is 10.2. The van der Waals surface area contributed by atoms with Crippen LogP contribution in [0, 0.1) is 0 Å². The summed E-state index contributed by atoms with van der Waals surface area (Å²) < 4.78 is 10.6. The Morgan fingerprint density at radius 2 is 2.23 bits per heavy atom. The van der Waals surface area contributed by atoms with Gasteiger partial charge in [-0.15, -0.1) is 0 Å². The van der Waals surface area contributed by atoms with Crippen molar-refractivity contribution in [3.63, 3.8) is 0 Å². The van der Waals surface area contributed by atoms with Gasteiger partial charge >= 0.3 is 6.09 Å². The van der Waals surface area contributed by atoms with Crippen molar-refractivity contribution in [1.82, 2.24) is 10.3 Å². The third-order valence-corrected chi connectivity index (χ3v) is 3.28. The summed E-state index contributed by atoms with van der Waals surface area (Å²) in [5, 5.41) is 2.89. The number of nitrogen functional groups attached to an aromatic ring is 1. The molecule has 2 heterocycles. The number of hydrogen-bond donors (Lipinski definition) is 2. The number of nitrogens with zero attached hydrogens (tertiary/aromatic N) is 2. The lowest BCUT2D eigenvalue weighted by Gasteiger charge is -2.22. The molecule has 0 aromatic carbocycles. The fraction of sp³-hybridized carbons (Fsp3) is 0.600. The fourth-order valence-corrected chi connectivity index (χ4v) is 2.38. The number of rotatable bonds is 3. The number of carbonyl (C=O) groups is 1. The number of anilines is 2.